The van der Waals surface area contributed by atoms with Crippen molar-refractivity contribution < 1.29 is 14.3 Å². The number of hydrogen-bond donors (Lipinski definition) is 1. The van der Waals surface area contributed by atoms with Gasteiger partial charge in [-0.3, -0.25) is 4.79 Å². The fraction of sp³-hybridized carbons (Fsp3) is 0.588. The van der Waals surface area contributed by atoms with Crippen LogP contribution in [-0.2, 0) is 11.2 Å². The lowest BCUT2D eigenvalue weighted by atomic mass is 10.1. The van der Waals surface area contributed by atoms with Crippen LogP contribution in [-0.4, -0.2) is 26.2 Å². The Morgan fingerprint density at radius 1 is 1.19 bits per heavy atom. The maximum Gasteiger partial charge on any atom is 0.220 e. The second-order valence-electron chi connectivity index (χ2n) is 4.98. The van der Waals surface area contributed by atoms with E-state index in [4.69, 9.17) is 9.47 Å². The molecule has 1 aromatic carbocycles. The molecule has 0 aromatic heterocycles. The molecule has 0 spiro atoms. The molecule has 0 saturated carbocycles. The second-order valence-corrected chi connectivity index (χ2v) is 4.98. The van der Waals surface area contributed by atoms with Gasteiger partial charge >= 0.3 is 0 Å². The van der Waals surface area contributed by atoms with Crippen LogP contribution in [0, 0.1) is 0 Å². The monoisotopic (exact) mass is 293 g/mol. The van der Waals surface area contributed by atoms with E-state index in [-0.39, 0.29) is 5.91 Å². The predicted molar refractivity (Wildman–Crippen MR) is 85.0 cm³/mol. The van der Waals surface area contributed by atoms with Gasteiger partial charge in [-0.25, -0.2) is 0 Å². The van der Waals surface area contributed by atoms with Crippen molar-refractivity contribution in [3.8, 4) is 11.5 Å². The minimum atomic E-state index is 0.110. The van der Waals surface area contributed by atoms with E-state index in [2.05, 4.69) is 12.2 Å². The van der Waals surface area contributed by atoms with Crippen molar-refractivity contribution in [3.63, 3.8) is 0 Å². The van der Waals surface area contributed by atoms with Crippen molar-refractivity contribution in [2.24, 2.45) is 0 Å². The third-order valence-corrected chi connectivity index (χ3v) is 3.27. The molecule has 1 N–H and O–H groups in total. The van der Waals surface area contributed by atoms with Crippen LogP contribution in [0.4, 0.5) is 0 Å². The number of hydrogen-bond acceptors (Lipinski definition) is 3. The van der Waals surface area contributed by atoms with E-state index in [1.807, 2.05) is 25.1 Å². The smallest absolute Gasteiger partial charge is 0.220 e. The van der Waals surface area contributed by atoms with E-state index >= 15 is 0 Å². The van der Waals surface area contributed by atoms with Gasteiger partial charge in [0.05, 0.1) is 13.7 Å². The second kappa shape index (κ2) is 10.1. The van der Waals surface area contributed by atoms with E-state index in [0.717, 1.165) is 36.4 Å². The Morgan fingerprint density at radius 3 is 2.67 bits per heavy atom. The summed E-state index contributed by atoms with van der Waals surface area (Å²) in [5.74, 6) is 1.57. The zero-order valence-electron chi connectivity index (χ0n) is 13.4. The molecule has 4 heteroatoms. The van der Waals surface area contributed by atoms with Crippen molar-refractivity contribution >= 4 is 5.91 Å². The molecule has 0 aliphatic carbocycles. The van der Waals surface area contributed by atoms with Gasteiger partial charge in [-0.05, 0) is 37.5 Å². The van der Waals surface area contributed by atoms with Gasteiger partial charge in [0.25, 0.3) is 0 Å². The highest BCUT2D eigenvalue weighted by molar-refractivity contribution is 5.76. The Kier molecular flexibility index (Phi) is 8.32. The van der Waals surface area contributed by atoms with Crippen LogP contribution < -0.4 is 14.8 Å². The molecule has 1 aromatic rings. The van der Waals surface area contributed by atoms with Crippen molar-refractivity contribution in [1.29, 1.82) is 0 Å². The molecule has 0 unspecified atom stereocenters. The lowest BCUT2D eigenvalue weighted by Crippen LogP contribution is -2.24. The van der Waals surface area contributed by atoms with Crippen LogP contribution in [0.15, 0.2) is 18.2 Å². The van der Waals surface area contributed by atoms with Gasteiger partial charge in [-0.2, -0.15) is 0 Å². The Balaban J connectivity index is 2.42. The zero-order chi connectivity index (χ0) is 15.5. The molecule has 0 aliphatic rings. The number of methoxy groups -OCH3 is 1. The van der Waals surface area contributed by atoms with E-state index in [0.29, 0.717) is 19.4 Å². The summed E-state index contributed by atoms with van der Waals surface area (Å²) < 4.78 is 10.8. The van der Waals surface area contributed by atoms with Crippen LogP contribution >= 0.6 is 0 Å². The normalized spacial score (nSPS) is 10.2. The molecule has 0 atom stereocenters. The number of unbranched alkanes of at least 4 members (excludes halogenated alkanes) is 2. The molecule has 0 radical (unpaired) electrons. The summed E-state index contributed by atoms with van der Waals surface area (Å²) in [5.41, 5.74) is 1.08. The average molecular weight is 293 g/mol. The summed E-state index contributed by atoms with van der Waals surface area (Å²) in [5, 5.41) is 2.95. The molecule has 1 rings (SSSR count). The molecule has 118 valence electrons. The summed E-state index contributed by atoms with van der Waals surface area (Å²) in [6.07, 6.45) is 4.60. The highest BCUT2D eigenvalue weighted by atomic mass is 16.5. The Morgan fingerprint density at radius 2 is 2.00 bits per heavy atom. The van der Waals surface area contributed by atoms with Gasteiger partial charge in [0.2, 0.25) is 5.91 Å². The molecule has 0 aliphatic heterocycles. The van der Waals surface area contributed by atoms with Crippen LogP contribution in [0.2, 0.25) is 0 Å². The maximum absolute atomic E-state index is 11.7. The Hall–Kier alpha value is -1.71. The van der Waals surface area contributed by atoms with Crippen LogP contribution in [0.3, 0.4) is 0 Å². The van der Waals surface area contributed by atoms with Crippen LogP contribution in [0.25, 0.3) is 0 Å². The number of amides is 1. The fourth-order valence-electron chi connectivity index (χ4n) is 2.09. The molecule has 0 bridgehead atoms. The minimum absolute atomic E-state index is 0.110. The molecule has 0 fully saturated rings. The van der Waals surface area contributed by atoms with E-state index < -0.39 is 0 Å². The SMILES string of the molecule is CCCCCNC(=O)CCc1ccc(OCC)c(OC)c1. The maximum atomic E-state index is 11.7. The van der Waals surface area contributed by atoms with E-state index in [9.17, 15) is 4.79 Å². The first-order valence-corrected chi connectivity index (χ1v) is 7.77. The highest BCUT2D eigenvalue weighted by Crippen LogP contribution is 2.28. The summed E-state index contributed by atoms with van der Waals surface area (Å²) in [6.45, 7) is 5.48. The predicted octanol–water partition coefficient (Wildman–Crippen LogP) is 3.33. The number of carbonyl (C=O) groups is 1. The topological polar surface area (TPSA) is 47.6 Å². The number of benzene rings is 1. The molecular formula is C17H27NO3. The number of aryl methyl sites for hydroxylation is 1. The largest absolute Gasteiger partial charge is 0.493 e. The number of ether oxygens (including phenoxy) is 2. The Bertz CT molecular complexity index is 432. The summed E-state index contributed by atoms with van der Waals surface area (Å²) >= 11 is 0. The molecular weight excluding hydrogens is 266 g/mol. The first-order valence-electron chi connectivity index (χ1n) is 7.77. The number of rotatable bonds is 10. The summed E-state index contributed by atoms with van der Waals surface area (Å²) in [7, 11) is 1.63. The Labute approximate surface area is 127 Å². The molecule has 4 nitrogen and oxygen atoms in total. The standard InChI is InChI=1S/C17H27NO3/c1-4-6-7-12-18-17(19)11-9-14-8-10-15(21-5-2)16(13-14)20-3/h8,10,13H,4-7,9,11-12H2,1-3H3,(H,18,19). The number of nitrogens with one attached hydrogen (secondary N) is 1. The first kappa shape index (κ1) is 17.3. The van der Waals surface area contributed by atoms with Gasteiger partial charge in [-0.15, -0.1) is 0 Å². The van der Waals surface area contributed by atoms with Crippen LogP contribution in [0.1, 0.15) is 45.1 Å². The fourth-order valence-corrected chi connectivity index (χ4v) is 2.09. The van der Waals surface area contributed by atoms with Crippen LogP contribution in [0.5, 0.6) is 11.5 Å². The molecule has 0 saturated heterocycles. The van der Waals surface area contributed by atoms with Crippen molar-refractivity contribution in [1.82, 2.24) is 5.32 Å². The zero-order valence-corrected chi connectivity index (χ0v) is 13.4. The minimum Gasteiger partial charge on any atom is -0.493 e. The van der Waals surface area contributed by atoms with E-state index in [1.165, 1.54) is 6.42 Å². The van der Waals surface area contributed by atoms with Gasteiger partial charge in [0, 0.05) is 13.0 Å². The third-order valence-electron chi connectivity index (χ3n) is 3.27. The lowest BCUT2D eigenvalue weighted by Gasteiger charge is -2.11. The number of carbonyl (C=O) groups excluding carboxylic acids is 1. The first-order chi connectivity index (χ1) is 10.2. The van der Waals surface area contributed by atoms with Gasteiger partial charge in [0.15, 0.2) is 11.5 Å². The quantitative estimate of drug-likeness (QED) is 0.673. The van der Waals surface area contributed by atoms with E-state index in [1.54, 1.807) is 7.11 Å². The molecule has 21 heavy (non-hydrogen) atoms. The van der Waals surface area contributed by atoms with Crippen molar-refractivity contribution in [3.05, 3.63) is 23.8 Å². The summed E-state index contributed by atoms with van der Waals surface area (Å²) in [4.78, 5) is 11.7. The highest BCUT2D eigenvalue weighted by Gasteiger charge is 2.07. The van der Waals surface area contributed by atoms with Gasteiger partial charge in [-0.1, -0.05) is 25.8 Å². The van der Waals surface area contributed by atoms with Crippen molar-refractivity contribution in [2.45, 2.75) is 46.0 Å². The molecule has 1 amide bonds. The average Bonchev–Trinajstić information content (AvgIpc) is 2.50. The summed E-state index contributed by atoms with van der Waals surface area (Å²) in [6, 6.07) is 5.82. The van der Waals surface area contributed by atoms with Gasteiger partial charge in [0.1, 0.15) is 0 Å². The lowest BCUT2D eigenvalue weighted by molar-refractivity contribution is -0.121. The van der Waals surface area contributed by atoms with Gasteiger partial charge < -0.3 is 14.8 Å². The third kappa shape index (κ3) is 6.52. The van der Waals surface area contributed by atoms with Crippen molar-refractivity contribution in [2.75, 3.05) is 20.3 Å². The molecule has 0 heterocycles.